The summed E-state index contributed by atoms with van der Waals surface area (Å²) in [5.74, 6) is 1.80. The number of methoxy groups -OCH3 is 1. The zero-order valence-corrected chi connectivity index (χ0v) is 22.0. The van der Waals surface area contributed by atoms with Crippen LogP contribution < -0.4 is 14.2 Å². The number of carbonyl (C=O) groups is 2. The molecule has 0 fully saturated rings. The molecule has 0 radical (unpaired) electrons. The van der Waals surface area contributed by atoms with Crippen LogP contribution in [0.15, 0.2) is 77.2 Å². The minimum Gasteiger partial charge on any atom is -0.497 e. The summed E-state index contributed by atoms with van der Waals surface area (Å²) in [6.45, 7) is 3.61. The van der Waals surface area contributed by atoms with E-state index in [1.54, 1.807) is 56.5 Å². The van der Waals surface area contributed by atoms with Gasteiger partial charge in [-0.15, -0.1) is 0 Å². The van der Waals surface area contributed by atoms with Gasteiger partial charge < -0.3 is 23.7 Å². The summed E-state index contributed by atoms with van der Waals surface area (Å²) in [4.78, 5) is 29.9. The predicted molar refractivity (Wildman–Crippen MR) is 144 cm³/mol. The molecule has 0 bridgehead atoms. The van der Waals surface area contributed by atoms with E-state index in [1.165, 1.54) is 0 Å². The molecule has 0 aliphatic heterocycles. The monoisotopic (exact) mass is 530 g/mol. The van der Waals surface area contributed by atoms with Gasteiger partial charge in [-0.3, -0.25) is 9.69 Å². The van der Waals surface area contributed by atoms with Gasteiger partial charge in [-0.2, -0.15) is 0 Å². The number of carboxylic acids is 1. The smallest absolute Gasteiger partial charge is 0.416 e. The molecule has 1 N–H and O–H groups in total. The Morgan fingerprint density at radius 3 is 2.36 bits per heavy atom. The molecule has 0 saturated carbocycles. The summed E-state index contributed by atoms with van der Waals surface area (Å²) in [5.41, 5.74) is 3.17. The molecule has 202 valence electrons. The topological polar surface area (TPSA) is 111 Å². The molecule has 4 aromatic rings. The van der Waals surface area contributed by atoms with Crippen LogP contribution in [0.3, 0.4) is 0 Å². The van der Waals surface area contributed by atoms with Crippen molar-refractivity contribution in [3.8, 4) is 28.7 Å². The number of oxazole rings is 1. The summed E-state index contributed by atoms with van der Waals surface area (Å²) in [7, 11) is 1.55. The van der Waals surface area contributed by atoms with E-state index >= 15 is 0 Å². The SMILES string of the molecule is COc1ccc(OC(=O)N(CC(=O)O)Cc2ccc(OCCc3nc(-c4ccccc4)oc3C)cc2)c(C)c1. The summed E-state index contributed by atoms with van der Waals surface area (Å²) < 4.78 is 22.3. The molecule has 0 aliphatic carbocycles. The van der Waals surface area contributed by atoms with Crippen LogP contribution >= 0.6 is 0 Å². The number of hydrogen-bond acceptors (Lipinski definition) is 7. The van der Waals surface area contributed by atoms with E-state index in [-0.39, 0.29) is 6.54 Å². The molecule has 0 unspecified atom stereocenters. The lowest BCUT2D eigenvalue weighted by atomic mass is 10.2. The summed E-state index contributed by atoms with van der Waals surface area (Å²) in [5, 5.41) is 9.32. The lowest BCUT2D eigenvalue weighted by molar-refractivity contribution is -0.138. The molecule has 3 aromatic carbocycles. The van der Waals surface area contributed by atoms with Crippen molar-refractivity contribution in [2.75, 3.05) is 20.3 Å². The van der Waals surface area contributed by atoms with Gasteiger partial charge in [0.05, 0.1) is 19.4 Å². The van der Waals surface area contributed by atoms with Crippen LogP contribution in [-0.2, 0) is 17.8 Å². The number of hydrogen-bond donors (Lipinski definition) is 1. The number of aromatic nitrogens is 1. The highest BCUT2D eigenvalue weighted by Gasteiger charge is 2.20. The normalized spacial score (nSPS) is 10.6. The standard InChI is InChI=1S/C30H30N2O7/c1-20-17-25(36-3)13-14-27(20)39-30(35)32(19-28(33)34)18-22-9-11-24(12-10-22)37-16-15-26-21(2)38-29(31-26)23-7-5-4-6-8-23/h4-14,17H,15-16,18-19H2,1-3H3,(H,33,34). The second-order valence-corrected chi connectivity index (χ2v) is 8.88. The molecule has 1 heterocycles. The van der Waals surface area contributed by atoms with Gasteiger partial charge in [0.1, 0.15) is 29.6 Å². The van der Waals surface area contributed by atoms with Crippen molar-refractivity contribution in [1.82, 2.24) is 9.88 Å². The van der Waals surface area contributed by atoms with Crippen LogP contribution in [0.1, 0.15) is 22.6 Å². The maximum atomic E-state index is 12.8. The van der Waals surface area contributed by atoms with Gasteiger partial charge in [-0.1, -0.05) is 30.3 Å². The van der Waals surface area contributed by atoms with Crippen LogP contribution in [0.25, 0.3) is 11.5 Å². The summed E-state index contributed by atoms with van der Waals surface area (Å²) in [6, 6.07) is 21.8. The van der Waals surface area contributed by atoms with Gasteiger partial charge in [0.2, 0.25) is 5.89 Å². The van der Waals surface area contributed by atoms with Crippen LogP contribution in [0.4, 0.5) is 4.79 Å². The third-order valence-corrected chi connectivity index (χ3v) is 5.98. The number of aryl methyl sites for hydroxylation is 2. The number of ether oxygens (including phenoxy) is 3. The number of carbonyl (C=O) groups excluding carboxylic acids is 1. The van der Waals surface area contributed by atoms with Crippen molar-refractivity contribution in [2.45, 2.75) is 26.8 Å². The highest BCUT2D eigenvalue weighted by Crippen LogP contribution is 2.25. The number of amides is 1. The van der Waals surface area contributed by atoms with Crippen molar-refractivity contribution in [3.05, 3.63) is 95.4 Å². The van der Waals surface area contributed by atoms with Crippen LogP contribution in [-0.4, -0.2) is 47.3 Å². The third-order valence-electron chi connectivity index (χ3n) is 5.98. The van der Waals surface area contributed by atoms with Crippen molar-refractivity contribution < 1.29 is 33.3 Å². The molecule has 4 rings (SSSR count). The Bertz CT molecular complexity index is 1420. The number of carboxylic acid groups (broad SMARTS) is 1. The van der Waals surface area contributed by atoms with Gasteiger partial charge in [-0.25, -0.2) is 9.78 Å². The molecule has 0 spiro atoms. The Morgan fingerprint density at radius 1 is 0.974 bits per heavy atom. The second-order valence-electron chi connectivity index (χ2n) is 8.88. The van der Waals surface area contributed by atoms with Crippen LogP contribution in [0, 0.1) is 13.8 Å². The molecule has 1 aromatic heterocycles. The Kier molecular flexibility index (Phi) is 8.83. The molecular formula is C30H30N2O7. The quantitative estimate of drug-likeness (QED) is 0.264. The van der Waals surface area contributed by atoms with Gasteiger partial charge >= 0.3 is 12.1 Å². The van der Waals surface area contributed by atoms with E-state index < -0.39 is 18.6 Å². The van der Waals surface area contributed by atoms with Gasteiger partial charge in [0, 0.05) is 18.5 Å². The van der Waals surface area contributed by atoms with E-state index in [2.05, 4.69) is 4.98 Å². The highest BCUT2D eigenvalue weighted by atomic mass is 16.6. The first-order valence-corrected chi connectivity index (χ1v) is 12.4. The average molecular weight is 531 g/mol. The Balaban J connectivity index is 1.33. The molecule has 9 nitrogen and oxygen atoms in total. The number of aliphatic carboxylic acids is 1. The van der Waals surface area contributed by atoms with Crippen LogP contribution in [0.5, 0.6) is 17.2 Å². The van der Waals surface area contributed by atoms with Crippen molar-refractivity contribution in [3.63, 3.8) is 0 Å². The third kappa shape index (κ3) is 7.38. The van der Waals surface area contributed by atoms with Crippen molar-refractivity contribution >= 4 is 12.1 Å². The van der Waals surface area contributed by atoms with Gasteiger partial charge in [0.25, 0.3) is 0 Å². The zero-order chi connectivity index (χ0) is 27.8. The molecule has 0 saturated heterocycles. The molecule has 0 aliphatic rings. The molecule has 39 heavy (non-hydrogen) atoms. The van der Waals surface area contributed by atoms with Crippen LogP contribution in [0.2, 0.25) is 0 Å². The molecule has 0 atom stereocenters. The zero-order valence-electron chi connectivity index (χ0n) is 22.0. The van der Waals surface area contributed by atoms with E-state index in [0.29, 0.717) is 41.7 Å². The highest BCUT2D eigenvalue weighted by molar-refractivity contribution is 5.78. The fourth-order valence-corrected chi connectivity index (χ4v) is 3.91. The fourth-order valence-electron chi connectivity index (χ4n) is 3.91. The Hall–Kier alpha value is -4.79. The average Bonchev–Trinajstić information content (AvgIpc) is 3.30. The molecule has 9 heteroatoms. The first-order valence-electron chi connectivity index (χ1n) is 12.4. The molecule has 1 amide bonds. The lowest BCUT2D eigenvalue weighted by Gasteiger charge is -2.21. The lowest BCUT2D eigenvalue weighted by Crippen LogP contribution is -2.37. The first kappa shape index (κ1) is 27.3. The number of nitrogens with zero attached hydrogens (tertiary/aromatic N) is 2. The maximum absolute atomic E-state index is 12.8. The fraction of sp³-hybridized carbons (Fsp3) is 0.233. The van der Waals surface area contributed by atoms with E-state index in [4.69, 9.17) is 18.6 Å². The van der Waals surface area contributed by atoms with E-state index in [0.717, 1.165) is 27.5 Å². The largest absolute Gasteiger partial charge is 0.497 e. The van der Waals surface area contributed by atoms with Gasteiger partial charge in [0.15, 0.2) is 0 Å². The predicted octanol–water partition coefficient (Wildman–Crippen LogP) is 5.67. The number of rotatable bonds is 11. The van der Waals surface area contributed by atoms with Crippen molar-refractivity contribution in [1.29, 1.82) is 0 Å². The maximum Gasteiger partial charge on any atom is 0.416 e. The van der Waals surface area contributed by atoms with E-state index in [1.807, 2.05) is 37.3 Å². The van der Waals surface area contributed by atoms with E-state index in [9.17, 15) is 14.7 Å². The number of benzene rings is 3. The summed E-state index contributed by atoms with van der Waals surface area (Å²) in [6.07, 6.45) is -0.184. The summed E-state index contributed by atoms with van der Waals surface area (Å²) >= 11 is 0. The molecular weight excluding hydrogens is 500 g/mol. The Labute approximate surface area is 226 Å². The minimum absolute atomic E-state index is 0.0566. The minimum atomic E-state index is -1.14. The second kappa shape index (κ2) is 12.6. The first-order chi connectivity index (χ1) is 18.8. The van der Waals surface area contributed by atoms with Crippen molar-refractivity contribution in [2.24, 2.45) is 0 Å². The Morgan fingerprint density at radius 2 is 1.69 bits per heavy atom. The van der Waals surface area contributed by atoms with Gasteiger partial charge in [-0.05, 0) is 67.4 Å².